The minimum atomic E-state index is -0.548. The molecule has 2 atom stereocenters. The van der Waals surface area contributed by atoms with E-state index < -0.39 is 12.2 Å². The Kier molecular flexibility index (Phi) is 5.78. The molecule has 0 aliphatic carbocycles. The molecule has 0 bridgehead atoms. The molecule has 106 valence electrons. The van der Waals surface area contributed by atoms with Crippen molar-refractivity contribution in [2.75, 3.05) is 0 Å². The van der Waals surface area contributed by atoms with Crippen molar-refractivity contribution in [1.29, 1.82) is 0 Å². The molecule has 0 aromatic heterocycles. The van der Waals surface area contributed by atoms with Crippen molar-refractivity contribution in [3.05, 3.63) is 68.6 Å². The number of rotatable bonds is 5. The predicted octanol–water partition coefficient (Wildman–Crippen LogP) is 4.76. The first-order valence-electron chi connectivity index (χ1n) is 6.43. The van der Waals surface area contributed by atoms with E-state index in [2.05, 4.69) is 31.9 Å². The fourth-order valence-corrected chi connectivity index (χ4v) is 2.55. The van der Waals surface area contributed by atoms with Crippen LogP contribution in [0.5, 0.6) is 0 Å². The highest BCUT2D eigenvalue weighted by atomic mass is 79.9. The molecule has 2 nitrogen and oxygen atoms in total. The quantitative estimate of drug-likeness (QED) is 0.760. The van der Waals surface area contributed by atoms with Gasteiger partial charge in [-0.25, -0.2) is 0 Å². The average Bonchev–Trinajstić information content (AvgIpc) is 2.46. The number of hydrogen-bond acceptors (Lipinski definition) is 2. The summed E-state index contributed by atoms with van der Waals surface area (Å²) in [4.78, 5) is 0. The zero-order valence-electron chi connectivity index (χ0n) is 10.8. The molecule has 0 saturated heterocycles. The Balaban J connectivity index is 1.91. The predicted molar refractivity (Wildman–Crippen MR) is 87.4 cm³/mol. The summed E-state index contributed by atoms with van der Waals surface area (Å²) in [6.07, 6.45) is -0.0426. The van der Waals surface area contributed by atoms with Gasteiger partial charge in [-0.3, -0.25) is 0 Å². The van der Waals surface area contributed by atoms with E-state index in [1.807, 2.05) is 48.5 Å². The van der Waals surface area contributed by atoms with Crippen LogP contribution in [0.3, 0.4) is 0 Å². The Morgan fingerprint density at radius 1 is 0.650 bits per heavy atom. The fraction of sp³-hybridized carbons (Fsp3) is 0.250. The second kappa shape index (κ2) is 7.36. The first-order valence-corrected chi connectivity index (χ1v) is 8.02. The summed E-state index contributed by atoms with van der Waals surface area (Å²) in [5.74, 6) is 0. The van der Waals surface area contributed by atoms with Gasteiger partial charge in [0, 0.05) is 8.95 Å². The summed E-state index contributed by atoms with van der Waals surface area (Å²) in [5, 5.41) is 20.2. The molecule has 0 unspecified atom stereocenters. The number of aliphatic hydroxyl groups is 2. The fourth-order valence-electron chi connectivity index (χ4n) is 2.02. The van der Waals surface area contributed by atoms with Crippen LogP contribution in [0, 0.1) is 0 Å². The lowest BCUT2D eigenvalue weighted by atomic mass is 9.99. The van der Waals surface area contributed by atoms with Crippen LogP contribution in [0.15, 0.2) is 57.5 Å². The van der Waals surface area contributed by atoms with E-state index in [1.165, 1.54) is 0 Å². The molecule has 0 heterocycles. The summed E-state index contributed by atoms with van der Waals surface area (Å²) in [7, 11) is 0. The van der Waals surface area contributed by atoms with Crippen LogP contribution >= 0.6 is 31.9 Å². The Morgan fingerprint density at radius 2 is 0.950 bits per heavy atom. The Hall–Kier alpha value is -0.680. The maximum absolute atomic E-state index is 10.1. The lowest BCUT2D eigenvalue weighted by molar-refractivity contribution is 0.115. The molecule has 0 fully saturated rings. The van der Waals surface area contributed by atoms with E-state index in [1.54, 1.807) is 0 Å². The third-order valence-corrected chi connectivity index (χ3v) is 4.28. The Bertz CT molecular complexity index is 486. The molecule has 0 aliphatic heterocycles. The molecule has 2 aromatic carbocycles. The number of benzene rings is 2. The van der Waals surface area contributed by atoms with Gasteiger partial charge in [0.15, 0.2) is 0 Å². The minimum absolute atomic E-state index is 0.527. The molecule has 2 aromatic rings. The van der Waals surface area contributed by atoms with Crippen molar-refractivity contribution < 1.29 is 10.2 Å². The van der Waals surface area contributed by atoms with Crippen LogP contribution in [0.25, 0.3) is 0 Å². The van der Waals surface area contributed by atoms with Gasteiger partial charge in [0.05, 0.1) is 12.2 Å². The van der Waals surface area contributed by atoms with Gasteiger partial charge in [-0.2, -0.15) is 0 Å². The summed E-state index contributed by atoms with van der Waals surface area (Å²) in [5.41, 5.74) is 1.74. The van der Waals surface area contributed by atoms with Gasteiger partial charge in [0.1, 0.15) is 0 Å². The third kappa shape index (κ3) is 4.42. The summed E-state index contributed by atoms with van der Waals surface area (Å²) < 4.78 is 1.98. The Morgan fingerprint density at radius 3 is 1.25 bits per heavy atom. The zero-order chi connectivity index (χ0) is 14.5. The van der Waals surface area contributed by atoms with Crippen LogP contribution in [0.2, 0.25) is 0 Å². The van der Waals surface area contributed by atoms with Crippen molar-refractivity contribution in [2.24, 2.45) is 0 Å². The van der Waals surface area contributed by atoms with Crippen molar-refractivity contribution >= 4 is 31.9 Å². The van der Waals surface area contributed by atoms with Gasteiger partial charge in [0.2, 0.25) is 0 Å². The van der Waals surface area contributed by atoms with Crippen molar-refractivity contribution in [3.8, 4) is 0 Å². The lowest BCUT2D eigenvalue weighted by Gasteiger charge is -2.15. The van der Waals surface area contributed by atoms with Crippen LogP contribution in [-0.2, 0) is 0 Å². The van der Waals surface area contributed by atoms with E-state index in [0.29, 0.717) is 12.8 Å². The third-order valence-electron chi connectivity index (χ3n) is 3.22. The maximum atomic E-state index is 10.1. The molecule has 0 saturated carbocycles. The normalized spacial score (nSPS) is 14.0. The molecule has 0 spiro atoms. The smallest absolute Gasteiger partial charge is 0.0791 e. The van der Waals surface area contributed by atoms with Crippen LogP contribution in [0.4, 0.5) is 0 Å². The lowest BCUT2D eigenvalue weighted by Crippen LogP contribution is -2.03. The molecule has 0 amide bonds. The van der Waals surface area contributed by atoms with Gasteiger partial charge in [-0.1, -0.05) is 56.1 Å². The van der Waals surface area contributed by atoms with Gasteiger partial charge in [-0.15, -0.1) is 0 Å². The second-order valence-electron chi connectivity index (χ2n) is 4.71. The van der Waals surface area contributed by atoms with Crippen LogP contribution in [-0.4, -0.2) is 10.2 Å². The number of halogens is 2. The maximum Gasteiger partial charge on any atom is 0.0791 e. The molecule has 2 N–H and O–H groups in total. The topological polar surface area (TPSA) is 40.5 Å². The monoisotopic (exact) mass is 398 g/mol. The standard InChI is InChI=1S/C16H16Br2O2/c17-13-5-1-11(2-6-13)15(19)9-10-16(20)12-3-7-14(18)8-4-12/h1-8,15-16,19-20H,9-10H2/t15-,16-/m1/s1. The molecular weight excluding hydrogens is 384 g/mol. The average molecular weight is 400 g/mol. The van der Waals surface area contributed by atoms with Crippen LogP contribution < -0.4 is 0 Å². The molecule has 0 radical (unpaired) electrons. The minimum Gasteiger partial charge on any atom is -0.388 e. The first-order chi connectivity index (χ1) is 9.56. The second-order valence-corrected chi connectivity index (χ2v) is 6.54. The highest BCUT2D eigenvalue weighted by molar-refractivity contribution is 9.10. The van der Waals surface area contributed by atoms with E-state index in [0.717, 1.165) is 20.1 Å². The van der Waals surface area contributed by atoms with E-state index in [-0.39, 0.29) is 0 Å². The largest absolute Gasteiger partial charge is 0.388 e. The van der Waals surface area contributed by atoms with Crippen molar-refractivity contribution in [2.45, 2.75) is 25.0 Å². The summed E-state index contributed by atoms with van der Waals surface area (Å²) in [6.45, 7) is 0. The van der Waals surface area contributed by atoms with Crippen LogP contribution in [0.1, 0.15) is 36.2 Å². The van der Waals surface area contributed by atoms with Gasteiger partial charge in [-0.05, 0) is 48.2 Å². The molecule has 0 aliphatic rings. The van der Waals surface area contributed by atoms with E-state index >= 15 is 0 Å². The highest BCUT2D eigenvalue weighted by Crippen LogP contribution is 2.26. The van der Waals surface area contributed by atoms with E-state index in [4.69, 9.17) is 0 Å². The van der Waals surface area contributed by atoms with Gasteiger partial charge in [0.25, 0.3) is 0 Å². The van der Waals surface area contributed by atoms with E-state index in [9.17, 15) is 10.2 Å². The van der Waals surface area contributed by atoms with Gasteiger partial charge < -0.3 is 10.2 Å². The van der Waals surface area contributed by atoms with Crippen molar-refractivity contribution in [1.82, 2.24) is 0 Å². The number of aliphatic hydroxyl groups excluding tert-OH is 2. The van der Waals surface area contributed by atoms with Crippen molar-refractivity contribution in [3.63, 3.8) is 0 Å². The summed E-state index contributed by atoms with van der Waals surface area (Å²) >= 11 is 6.74. The van der Waals surface area contributed by atoms with Gasteiger partial charge >= 0.3 is 0 Å². The molecule has 4 heteroatoms. The molecular formula is C16H16Br2O2. The number of hydrogen-bond donors (Lipinski definition) is 2. The Labute approximate surface area is 135 Å². The SMILES string of the molecule is O[C@H](CC[C@@H](O)c1ccc(Br)cc1)c1ccc(Br)cc1. The highest BCUT2D eigenvalue weighted by Gasteiger charge is 2.12. The molecule has 20 heavy (non-hydrogen) atoms. The first kappa shape index (κ1) is 15.7. The molecule has 2 rings (SSSR count). The zero-order valence-corrected chi connectivity index (χ0v) is 14.0. The summed E-state index contributed by atoms with van der Waals surface area (Å²) in [6, 6.07) is 15.2.